The minimum atomic E-state index is 0.962. The first-order chi connectivity index (χ1) is 24.8. The molecule has 50 heavy (non-hydrogen) atoms. The summed E-state index contributed by atoms with van der Waals surface area (Å²) in [4.78, 5) is 10.5. The molecule has 3 aromatic heterocycles. The predicted molar refractivity (Wildman–Crippen MR) is 208 cm³/mol. The number of pyridine rings is 1. The minimum absolute atomic E-state index is 0.962. The van der Waals surface area contributed by atoms with Crippen molar-refractivity contribution in [3.05, 3.63) is 170 Å². The van der Waals surface area contributed by atoms with Gasteiger partial charge in [-0.15, -0.1) is 0 Å². The molecule has 236 valence electrons. The van der Waals surface area contributed by atoms with Crippen LogP contribution in [0.5, 0.6) is 0 Å². The molecule has 1 aliphatic carbocycles. The second kappa shape index (κ2) is 11.6. The summed E-state index contributed by atoms with van der Waals surface area (Å²) in [5.74, 6) is 0.977. The molecular formula is C46H32N4. The summed E-state index contributed by atoms with van der Waals surface area (Å²) >= 11 is 0. The van der Waals surface area contributed by atoms with Crippen LogP contribution >= 0.6 is 0 Å². The zero-order valence-corrected chi connectivity index (χ0v) is 27.4. The SMILES string of the molecule is C1=CCCC(n2c(-c3ccc(-c4ccc5c6ccccc6c6nc(-c7ccccc7)c(-c7ccccc7)n6c5c4)cc3)nc3ccccc32)=C1. The van der Waals surface area contributed by atoms with Gasteiger partial charge in [-0.25, -0.2) is 9.97 Å². The summed E-state index contributed by atoms with van der Waals surface area (Å²) in [5, 5.41) is 3.54. The van der Waals surface area contributed by atoms with Gasteiger partial charge in [-0.2, -0.15) is 0 Å². The lowest BCUT2D eigenvalue weighted by Crippen LogP contribution is -2.01. The van der Waals surface area contributed by atoms with Gasteiger partial charge >= 0.3 is 0 Å². The normalized spacial score (nSPS) is 13.1. The lowest BCUT2D eigenvalue weighted by atomic mass is 9.99. The number of nitrogens with zero attached hydrogens (tertiary/aromatic N) is 4. The van der Waals surface area contributed by atoms with Crippen molar-refractivity contribution in [2.75, 3.05) is 0 Å². The van der Waals surface area contributed by atoms with Crippen LogP contribution in [-0.2, 0) is 0 Å². The second-order valence-corrected chi connectivity index (χ2v) is 12.9. The predicted octanol–water partition coefficient (Wildman–Crippen LogP) is 11.8. The molecule has 3 heterocycles. The average molecular weight is 641 g/mol. The number of hydrogen-bond acceptors (Lipinski definition) is 2. The Kier molecular flexibility index (Phi) is 6.59. The third-order valence-electron chi connectivity index (χ3n) is 9.98. The Bertz CT molecular complexity index is 2780. The maximum Gasteiger partial charge on any atom is 0.146 e. The van der Waals surface area contributed by atoms with Crippen molar-refractivity contribution in [2.45, 2.75) is 12.8 Å². The molecule has 10 rings (SSSR count). The Balaban J connectivity index is 1.18. The van der Waals surface area contributed by atoms with E-state index in [-0.39, 0.29) is 0 Å². The van der Waals surface area contributed by atoms with Gasteiger partial charge in [0.15, 0.2) is 0 Å². The lowest BCUT2D eigenvalue weighted by molar-refractivity contribution is 0.960. The average Bonchev–Trinajstić information content (AvgIpc) is 3.79. The molecule has 0 N–H and O–H groups in total. The molecule has 0 saturated carbocycles. The van der Waals surface area contributed by atoms with Gasteiger partial charge in [-0.1, -0.05) is 146 Å². The molecule has 0 amide bonds. The van der Waals surface area contributed by atoms with E-state index in [2.05, 4.69) is 179 Å². The highest BCUT2D eigenvalue weighted by atomic mass is 15.1. The number of aromatic nitrogens is 4. The monoisotopic (exact) mass is 640 g/mol. The Morgan fingerprint density at radius 3 is 1.96 bits per heavy atom. The number of para-hydroxylation sites is 2. The fourth-order valence-corrected chi connectivity index (χ4v) is 7.63. The quantitative estimate of drug-likeness (QED) is 0.175. The highest BCUT2D eigenvalue weighted by Gasteiger charge is 2.21. The van der Waals surface area contributed by atoms with Gasteiger partial charge in [0.1, 0.15) is 11.5 Å². The van der Waals surface area contributed by atoms with Crippen LogP contribution in [0.15, 0.2) is 170 Å². The van der Waals surface area contributed by atoms with Crippen LogP contribution in [-0.4, -0.2) is 18.9 Å². The van der Waals surface area contributed by atoms with Crippen LogP contribution in [0.25, 0.3) is 89.1 Å². The summed E-state index contributed by atoms with van der Waals surface area (Å²) in [5.41, 5.74) is 13.3. The Labute approximate surface area is 289 Å². The number of benzene rings is 6. The topological polar surface area (TPSA) is 35.1 Å². The molecule has 9 aromatic rings. The van der Waals surface area contributed by atoms with Crippen molar-refractivity contribution in [1.82, 2.24) is 18.9 Å². The summed E-state index contributed by atoms with van der Waals surface area (Å²) in [6, 6.07) is 54.0. The lowest BCUT2D eigenvalue weighted by Gasteiger charge is -2.15. The van der Waals surface area contributed by atoms with Crippen LogP contribution in [0, 0.1) is 0 Å². The molecule has 0 spiro atoms. The van der Waals surface area contributed by atoms with Gasteiger partial charge in [-0.3, -0.25) is 8.97 Å². The van der Waals surface area contributed by atoms with E-state index < -0.39 is 0 Å². The number of rotatable bonds is 5. The molecule has 4 nitrogen and oxygen atoms in total. The van der Waals surface area contributed by atoms with Crippen molar-refractivity contribution in [3.8, 4) is 45.0 Å². The molecule has 0 fully saturated rings. The molecule has 0 aliphatic heterocycles. The highest BCUT2D eigenvalue weighted by molar-refractivity contribution is 6.14. The summed E-state index contributed by atoms with van der Waals surface area (Å²) < 4.78 is 4.71. The van der Waals surface area contributed by atoms with Crippen LogP contribution in [0.2, 0.25) is 0 Å². The number of allylic oxidation sites excluding steroid dienone is 4. The van der Waals surface area contributed by atoms with E-state index in [1.54, 1.807) is 0 Å². The van der Waals surface area contributed by atoms with Crippen molar-refractivity contribution in [3.63, 3.8) is 0 Å². The largest absolute Gasteiger partial charge is 0.296 e. The number of fused-ring (bicyclic) bond motifs is 7. The Morgan fingerprint density at radius 1 is 0.500 bits per heavy atom. The van der Waals surface area contributed by atoms with Crippen LogP contribution in [0.1, 0.15) is 12.8 Å². The van der Waals surface area contributed by atoms with E-state index in [0.717, 1.165) is 85.5 Å². The fourth-order valence-electron chi connectivity index (χ4n) is 7.63. The molecule has 0 radical (unpaired) electrons. The van der Waals surface area contributed by atoms with Gasteiger partial charge in [0.25, 0.3) is 0 Å². The molecular weight excluding hydrogens is 609 g/mol. The minimum Gasteiger partial charge on any atom is -0.296 e. The zero-order chi connectivity index (χ0) is 33.0. The Morgan fingerprint density at radius 2 is 1.18 bits per heavy atom. The third-order valence-corrected chi connectivity index (χ3v) is 9.98. The fraction of sp³-hybridized carbons (Fsp3) is 0.0435. The second-order valence-electron chi connectivity index (χ2n) is 12.9. The maximum atomic E-state index is 5.39. The van der Waals surface area contributed by atoms with Gasteiger partial charge in [-0.05, 0) is 53.6 Å². The van der Waals surface area contributed by atoms with E-state index in [0.29, 0.717) is 0 Å². The standard InChI is InChI=1S/C46H32N4/c1-4-14-32(15-5-1)43-44(33-16-6-2-7-17-33)50-42-30-35(28-29-38(42)37-20-10-11-21-39(37)46(50)48-43)31-24-26-34(27-25-31)45-47-40-22-12-13-23-41(40)49(45)36-18-8-3-9-19-36/h1-8,10-18,20-30H,9,19H2. The van der Waals surface area contributed by atoms with E-state index in [9.17, 15) is 0 Å². The van der Waals surface area contributed by atoms with Crippen molar-refractivity contribution >= 4 is 44.1 Å². The van der Waals surface area contributed by atoms with Crippen molar-refractivity contribution < 1.29 is 0 Å². The summed E-state index contributed by atoms with van der Waals surface area (Å²) in [6.45, 7) is 0. The molecule has 0 unspecified atom stereocenters. The van der Waals surface area contributed by atoms with Crippen molar-refractivity contribution in [1.29, 1.82) is 0 Å². The number of imidazole rings is 2. The van der Waals surface area contributed by atoms with Crippen molar-refractivity contribution in [2.24, 2.45) is 0 Å². The van der Waals surface area contributed by atoms with Crippen LogP contribution < -0.4 is 0 Å². The molecule has 4 heteroatoms. The maximum absolute atomic E-state index is 5.39. The molecule has 0 saturated heterocycles. The van der Waals surface area contributed by atoms with E-state index in [4.69, 9.17) is 9.97 Å². The highest BCUT2D eigenvalue weighted by Crippen LogP contribution is 2.40. The zero-order valence-electron chi connectivity index (χ0n) is 27.4. The van der Waals surface area contributed by atoms with Gasteiger partial charge in [0, 0.05) is 33.2 Å². The Hall–Kier alpha value is -6.52. The summed E-state index contributed by atoms with van der Waals surface area (Å²) in [7, 11) is 0. The van der Waals surface area contributed by atoms with Gasteiger partial charge in [0.05, 0.1) is 27.9 Å². The smallest absolute Gasteiger partial charge is 0.146 e. The van der Waals surface area contributed by atoms with Gasteiger partial charge in [0.2, 0.25) is 0 Å². The van der Waals surface area contributed by atoms with Crippen LogP contribution in [0.3, 0.4) is 0 Å². The van der Waals surface area contributed by atoms with E-state index >= 15 is 0 Å². The van der Waals surface area contributed by atoms with Gasteiger partial charge < -0.3 is 0 Å². The molecule has 0 atom stereocenters. The van der Waals surface area contributed by atoms with Crippen LogP contribution in [0.4, 0.5) is 0 Å². The molecule has 0 bridgehead atoms. The molecule has 1 aliphatic rings. The first-order valence-corrected chi connectivity index (χ1v) is 17.2. The molecule has 6 aromatic carbocycles. The third kappa shape index (κ3) is 4.53. The number of hydrogen-bond donors (Lipinski definition) is 0. The van der Waals surface area contributed by atoms with E-state index in [1.807, 2.05) is 0 Å². The first-order valence-electron chi connectivity index (χ1n) is 17.2. The van der Waals surface area contributed by atoms with E-state index in [1.165, 1.54) is 16.5 Å². The first kappa shape index (κ1) is 28.5. The summed E-state index contributed by atoms with van der Waals surface area (Å²) in [6.07, 6.45) is 8.64.